The third kappa shape index (κ3) is 1.72. The molecule has 0 aliphatic carbocycles. The van der Waals surface area contributed by atoms with Crippen molar-refractivity contribution in [2.75, 3.05) is 6.54 Å². The first-order valence-electron chi connectivity index (χ1n) is 4.61. The lowest BCUT2D eigenvalue weighted by Gasteiger charge is -2.07. The number of nitrogens with one attached hydrogen (secondary N) is 1. The predicted molar refractivity (Wildman–Crippen MR) is 50.9 cm³/mol. The predicted octanol–water partition coefficient (Wildman–Crippen LogP) is 1.41. The molecule has 1 saturated heterocycles. The van der Waals surface area contributed by atoms with Gasteiger partial charge in [-0.1, -0.05) is 0 Å². The van der Waals surface area contributed by atoms with Crippen LogP contribution in [0.25, 0.3) is 0 Å². The minimum absolute atomic E-state index is 0.0479. The molecular weight excluding hydrogens is 182 g/mol. The molecule has 74 valence electrons. The first-order valence-corrected chi connectivity index (χ1v) is 4.61. The van der Waals surface area contributed by atoms with E-state index in [-0.39, 0.29) is 11.7 Å². The van der Waals surface area contributed by atoms with Crippen LogP contribution in [0, 0.1) is 10.1 Å². The zero-order valence-electron chi connectivity index (χ0n) is 7.64. The Balaban J connectivity index is 2.16. The van der Waals surface area contributed by atoms with Crippen LogP contribution in [0.4, 0.5) is 5.69 Å². The van der Waals surface area contributed by atoms with Crippen LogP contribution in [0.3, 0.4) is 0 Å². The van der Waals surface area contributed by atoms with E-state index in [0.717, 1.165) is 25.1 Å². The fraction of sp³-hybridized carbons (Fsp3) is 0.444. The zero-order chi connectivity index (χ0) is 9.97. The Morgan fingerprint density at radius 1 is 1.57 bits per heavy atom. The standard InChI is InChI=1S/C9H11N3O2/c13-12(14)7-3-4-9(11-6-7)8-2-1-5-10-8/h3-4,6,8,10H,1-2,5H2/t8-/m0/s1. The minimum atomic E-state index is -0.432. The van der Waals surface area contributed by atoms with Crippen molar-refractivity contribution in [2.45, 2.75) is 18.9 Å². The summed E-state index contributed by atoms with van der Waals surface area (Å²) in [6.45, 7) is 1.00. The maximum absolute atomic E-state index is 10.4. The fourth-order valence-corrected chi connectivity index (χ4v) is 1.65. The van der Waals surface area contributed by atoms with E-state index in [4.69, 9.17) is 0 Å². The monoisotopic (exact) mass is 193 g/mol. The highest BCUT2D eigenvalue weighted by Crippen LogP contribution is 2.22. The molecule has 1 aliphatic rings. The van der Waals surface area contributed by atoms with Crippen LogP contribution in [0.1, 0.15) is 24.6 Å². The molecule has 0 amide bonds. The van der Waals surface area contributed by atoms with Gasteiger partial charge in [-0.3, -0.25) is 15.1 Å². The van der Waals surface area contributed by atoms with E-state index in [1.54, 1.807) is 6.07 Å². The molecule has 14 heavy (non-hydrogen) atoms. The molecule has 0 spiro atoms. The van der Waals surface area contributed by atoms with E-state index in [9.17, 15) is 10.1 Å². The van der Waals surface area contributed by atoms with Gasteiger partial charge in [-0.05, 0) is 25.5 Å². The molecule has 1 atom stereocenters. The van der Waals surface area contributed by atoms with Gasteiger partial charge < -0.3 is 5.32 Å². The van der Waals surface area contributed by atoms with Gasteiger partial charge in [0.1, 0.15) is 6.20 Å². The number of hydrogen-bond acceptors (Lipinski definition) is 4. The number of aromatic nitrogens is 1. The molecule has 1 fully saturated rings. The largest absolute Gasteiger partial charge is 0.309 e. The molecule has 5 nitrogen and oxygen atoms in total. The number of pyridine rings is 1. The van der Waals surface area contributed by atoms with Crippen LogP contribution in [0.5, 0.6) is 0 Å². The summed E-state index contributed by atoms with van der Waals surface area (Å²) < 4.78 is 0. The molecule has 1 aromatic rings. The quantitative estimate of drug-likeness (QED) is 0.569. The van der Waals surface area contributed by atoms with Gasteiger partial charge in [0.2, 0.25) is 0 Å². The molecule has 1 N–H and O–H groups in total. The van der Waals surface area contributed by atoms with Crippen molar-refractivity contribution in [3.63, 3.8) is 0 Å². The molecule has 0 radical (unpaired) electrons. The summed E-state index contributed by atoms with van der Waals surface area (Å²) in [4.78, 5) is 14.0. The number of nitrogens with zero attached hydrogens (tertiary/aromatic N) is 2. The Bertz CT molecular complexity index is 330. The molecule has 1 aromatic heterocycles. The van der Waals surface area contributed by atoms with Gasteiger partial charge in [0.15, 0.2) is 0 Å². The van der Waals surface area contributed by atoms with Crippen molar-refractivity contribution >= 4 is 5.69 Å². The van der Waals surface area contributed by atoms with E-state index in [1.807, 2.05) is 0 Å². The van der Waals surface area contributed by atoms with Crippen molar-refractivity contribution in [3.05, 3.63) is 34.1 Å². The number of rotatable bonds is 2. The lowest BCUT2D eigenvalue weighted by atomic mass is 10.1. The third-order valence-corrected chi connectivity index (χ3v) is 2.40. The number of hydrogen-bond donors (Lipinski definition) is 1. The lowest BCUT2D eigenvalue weighted by molar-refractivity contribution is -0.385. The van der Waals surface area contributed by atoms with Crippen LogP contribution in [0.2, 0.25) is 0 Å². The second-order valence-electron chi connectivity index (χ2n) is 3.35. The van der Waals surface area contributed by atoms with Crippen LogP contribution >= 0.6 is 0 Å². The Hall–Kier alpha value is -1.49. The average Bonchev–Trinajstić information content (AvgIpc) is 2.71. The molecular formula is C9H11N3O2. The van der Waals surface area contributed by atoms with Crippen LogP contribution < -0.4 is 5.32 Å². The smallest absolute Gasteiger partial charge is 0.287 e. The Morgan fingerprint density at radius 3 is 2.93 bits per heavy atom. The summed E-state index contributed by atoms with van der Waals surface area (Å²) >= 11 is 0. The highest BCUT2D eigenvalue weighted by atomic mass is 16.6. The van der Waals surface area contributed by atoms with Crippen molar-refractivity contribution in [1.29, 1.82) is 0 Å². The Labute approximate surface area is 81.3 Å². The first-order chi connectivity index (χ1) is 6.77. The molecule has 2 heterocycles. The highest BCUT2D eigenvalue weighted by Gasteiger charge is 2.17. The van der Waals surface area contributed by atoms with E-state index in [1.165, 1.54) is 12.3 Å². The fourth-order valence-electron chi connectivity index (χ4n) is 1.65. The molecule has 5 heteroatoms. The summed E-state index contributed by atoms with van der Waals surface area (Å²) in [5.74, 6) is 0. The first kappa shape index (κ1) is 9.08. The average molecular weight is 193 g/mol. The molecule has 1 aliphatic heterocycles. The van der Waals surface area contributed by atoms with Crippen molar-refractivity contribution in [3.8, 4) is 0 Å². The van der Waals surface area contributed by atoms with E-state index < -0.39 is 4.92 Å². The van der Waals surface area contributed by atoms with Gasteiger partial charge in [-0.25, -0.2) is 0 Å². The van der Waals surface area contributed by atoms with Crippen LogP contribution in [-0.2, 0) is 0 Å². The maximum atomic E-state index is 10.4. The third-order valence-electron chi connectivity index (χ3n) is 2.40. The van der Waals surface area contributed by atoms with Crippen LogP contribution in [-0.4, -0.2) is 16.5 Å². The normalized spacial score (nSPS) is 21.0. The van der Waals surface area contributed by atoms with Gasteiger partial charge in [-0.2, -0.15) is 0 Å². The summed E-state index contributed by atoms with van der Waals surface area (Å²) in [7, 11) is 0. The molecule has 2 rings (SSSR count). The Kier molecular flexibility index (Phi) is 2.41. The van der Waals surface area contributed by atoms with Crippen molar-refractivity contribution < 1.29 is 4.92 Å². The summed E-state index contributed by atoms with van der Waals surface area (Å²) in [5, 5.41) is 13.7. The van der Waals surface area contributed by atoms with Gasteiger partial charge in [0.25, 0.3) is 5.69 Å². The SMILES string of the molecule is O=[N+]([O-])c1ccc([C@@H]2CCCN2)nc1. The Morgan fingerprint density at radius 2 is 2.43 bits per heavy atom. The van der Waals surface area contributed by atoms with E-state index >= 15 is 0 Å². The van der Waals surface area contributed by atoms with Crippen LogP contribution in [0.15, 0.2) is 18.3 Å². The van der Waals surface area contributed by atoms with Crippen molar-refractivity contribution in [1.82, 2.24) is 10.3 Å². The second-order valence-corrected chi connectivity index (χ2v) is 3.35. The summed E-state index contributed by atoms with van der Waals surface area (Å²) in [6.07, 6.45) is 3.52. The van der Waals surface area contributed by atoms with Gasteiger partial charge in [0.05, 0.1) is 10.6 Å². The highest BCUT2D eigenvalue weighted by molar-refractivity contribution is 5.27. The lowest BCUT2D eigenvalue weighted by Crippen LogP contribution is -2.14. The van der Waals surface area contributed by atoms with Gasteiger partial charge in [-0.15, -0.1) is 0 Å². The second kappa shape index (κ2) is 3.71. The maximum Gasteiger partial charge on any atom is 0.287 e. The minimum Gasteiger partial charge on any atom is -0.309 e. The van der Waals surface area contributed by atoms with E-state index in [2.05, 4.69) is 10.3 Å². The van der Waals surface area contributed by atoms with Crippen molar-refractivity contribution in [2.24, 2.45) is 0 Å². The molecule has 0 aromatic carbocycles. The number of nitro groups is 1. The molecule has 0 bridgehead atoms. The van der Waals surface area contributed by atoms with Gasteiger partial charge in [0, 0.05) is 12.1 Å². The summed E-state index contributed by atoms with van der Waals surface area (Å²) in [6, 6.07) is 3.50. The molecule has 0 saturated carbocycles. The summed E-state index contributed by atoms with van der Waals surface area (Å²) in [5.41, 5.74) is 0.944. The van der Waals surface area contributed by atoms with E-state index in [0.29, 0.717) is 0 Å². The van der Waals surface area contributed by atoms with Gasteiger partial charge >= 0.3 is 0 Å². The topological polar surface area (TPSA) is 68.1 Å². The molecule has 0 unspecified atom stereocenters. The zero-order valence-corrected chi connectivity index (χ0v) is 7.64.